The third-order valence-corrected chi connectivity index (χ3v) is 14.0. The Morgan fingerprint density at radius 2 is 0.727 bits per heavy atom. The van der Waals surface area contributed by atoms with Crippen LogP contribution in [0.2, 0.25) is 0 Å². The number of nitrogens with zero attached hydrogens (tertiary/aromatic N) is 3. The van der Waals surface area contributed by atoms with E-state index in [-0.39, 0.29) is 10.8 Å². The summed E-state index contributed by atoms with van der Waals surface area (Å²) < 4.78 is 41.6. The van der Waals surface area contributed by atoms with Crippen molar-refractivity contribution in [3.8, 4) is 34.1 Å². The summed E-state index contributed by atoms with van der Waals surface area (Å²) in [5.41, 5.74) is 10.9. The second-order valence-corrected chi connectivity index (χ2v) is 20.9. The number of benzene rings is 8. The molecule has 0 amide bonds. The van der Waals surface area contributed by atoms with Crippen LogP contribution in [0.1, 0.15) is 39.5 Å². The quantitative estimate of drug-likeness (QED) is 0.0465. The molecule has 2 heterocycles. The molecule has 0 atom stereocenters. The maximum atomic E-state index is 6.53. The van der Waals surface area contributed by atoms with E-state index < -0.39 is 0 Å². The normalized spacial score (nSPS) is 14.2. The van der Waals surface area contributed by atoms with Crippen LogP contribution in [0.5, 0.6) is 23.0 Å². The Bertz CT molecular complexity index is 3030. The minimum absolute atomic E-state index is 0.158. The number of unbranched alkanes of at least 4 members (excludes halogenated alkanes) is 2. The van der Waals surface area contributed by atoms with Gasteiger partial charge in [-0.05, 0) is 146 Å². The summed E-state index contributed by atoms with van der Waals surface area (Å²) >= 11 is 0. The van der Waals surface area contributed by atoms with Crippen LogP contribution in [0.15, 0.2) is 206 Å². The largest absolute Gasteiger partial charge is 0.494 e. The minimum Gasteiger partial charge on any atom is -0.494 e. The van der Waals surface area contributed by atoms with Crippen molar-refractivity contribution in [3.05, 3.63) is 206 Å². The van der Waals surface area contributed by atoms with Crippen molar-refractivity contribution in [1.29, 1.82) is 0 Å². The van der Waals surface area contributed by atoms with Crippen molar-refractivity contribution >= 4 is 45.5 Å². The minimum atomic E-state index is 0.158. The van der Waals surface area contributed by atoms with Gasteiger partial charge >= 0.3 is 0 Å². The van der Waals surface area contributed by atoms with Crippen LogP contribution >= 0.6 is 0 Å². The van der Waals surface area contributed by atoms with Crippen LogP contribution in [-0.4, -0.2) is 73.1 Å². The molecule has 0 bridgehead atoms. The number of hydrogen-bond acceptors (Lipinski definition) is 10. The highest BCUT2D eigenvalue weighted by atomic mass is 16.5. The van der Waals surface area contributed by atoms with E-state index in [1.54, 1.807) is 0 Å². The molecule has 0 radical (unpaired) electrons. The zero-order valence-electron chi connectivity index (χ0n) is 44.7. The molecule has 10 nitrogen and oxygen atoms in total. The van der Waals surface area contributed by atoms with Crippen LogP contribution in [0.4, 0.5) is 45.5 Å². The third-order valence-electron chi connectivity index (χ3n) is 14.0. The Labute approximate surface area is 455 Å². The lowest BCUT2D eigenvalue weighted by molar-refractivity contribution is -0.138. The number of para-hydroxylation sites is 2. The molecule has 10 heteroatoms. The van der Waals surface area contributed by atoms with E-state index >= 15 is 0 Å². The highest BCUT2D eigenvalue weighted by Gasteiger charge is 2.34. The maximum absolute atomic E-state index is 6.53. The van der Waals surface area contributed by atoms with Gasteiger partial charge in [0.25, 0.3) is 0 Å². The summed E-state index contributed by atoms with van der Waals surface area (Å²) in [6.45, 7) is 11.7. The van der Waals surface area contributed by atoms with Gasteiger partial charge in [0.15, 0.2) is 0 Å². The van der Waals surface area contributed by atoms with Gasteiger partial charge < -0.3 is 47.9 Å². The van der Waals surface area contributed by atoms with Gasteiger partial charge in [0.1, 0.15) is 23.0 Å². The summed E-state index contributed by atoms with van der Waals surface area (Å²) in [6, 6.07) is 71.5. The van der Waals surface area contributed by atoms with Gasteiger partial charge in [-0.2, -0.15) is 0 Å². The van der Waals surface area contributed by atoms with Crippen molar-refractivity contribution in [2.24, 2.45) is 10.8 Å². The second-order valence-electron chi connectivity index (χ2n) is 20.9. The van der Waals surface area contributed by atoms with Crippen molar-refractivity contribution in [1.82, 2.24) is 0 Å². The molecule has 10 rings (SSSR count). The Morgan fingerprint density at radius 1 is 0.364 bits per heavy atom. The van der Waals surface area contributed by atoms with Crippen LogP contribution in [0.25, 0.3) is 11.1 Å². The third kappa shape index (κ3) is 14.1. The molecule has 2 saturated heterocycles. The standard InChI is InChI=1S/C67H71N3O7/c1-66(48-73-49-66)46-71-39-10-12-41-75-63-24-14-21-59(43-63)68(3)60-22-15-26-65(44-60)77-62-37-35-58(36-38-62)70(61-23-16-25-64(45-61)76-42-13-11-40-72-47-67(2)50-74-51-67)57-33-29-53(30-34-57)52-27-31-56(32-28-52)69(54-17-6-4-7-18-54)55-19-8-5-9-20-55/h4-9,14-38,43-45H,10-13,39-42,46-51H2,1-3H3. The van der Waals surface area contributed by atoms with E-state index in [0.717, 1.165) is 152 Å². The Balaban J connectivity index is 0.817. The molecule has 0 unspecified atom stereocenters. The SMILES string of the molecule is CN(c1cccc(OCCCCOCC2(C)COC2)c1)c1cccc(Oc2ccc(N(c3ccc(-c4ccc(N(c5ccccc5)c5ccccc5)cc4)cc3)c3cccc(OCCCCOCC4(C)COC4)c3)cc2)c1. The summed E-state index contributed by atoms with van der Waals surface area (Å²) in [6.07, 6.45) is 3.72. The van der Waals surface area contributed by atoms with Crippen LogP contribution in [-0.2, 0) is 18.9 Å². The molecule has 396 valence electrons. The first-order chi connectivity index (χ1) is 37.8. The molecular formula is C67H71N3O7. The van der Waals surface area contributed by atoms with Gasteiger partial charge in [0, 0.05) is 94.8 Å². The van der Waals surface area contributed by atoms with Crippen LogP contribution in [0, 0.1) is 10.8 Å². The molecule has 2 fully saturated rings. The first kappa shape index (κ1) is 52.8. The first-order valence-electron chi connectivity index (χ1n) is 27.1. The van der Waals surface area contributed by atoms with E-state index in [1.165, 1.54) is 0 Å². The summed E-state index contributed by atoms with van der Waals surface area (Å²) in [7, 11) is 2.06. The van der Waals surface area contributed by atoms with Gasteiger partial charge in [0.05, 0.1) is 52.9 Å². The molecular weight excluding hydrogens is 959 g/mol. The zero-order chi connectivity index (χ0) is 52.7. The Kier molecular flexibility index (Phi) is 17.5. The zero-order valence-corrected chi connectivity index (χ0v) is 44.7. The topological polar surface area (TPSA) is 74.3 Å². The van der Waals surface area contributed by atoms with Crippen molar-refractivity contribution < 1.29 is 33.2 Å². The number of rotatable bonds is 27. The predicted molar refractivity (Wildman–Crippen MR) is 311 cm³/mol. The summed E-state index contributed by atoms with van der Waals surface area (Å²) in [5.74, 6) is 3.12. The molecule has 0 N–H and O–H groups in total. The van der Waals surface area contributed by atoms with E-state index in [1.807, 2.05) is 42.5 Å². The molecule has 0 aromatic heterocycles. The fourth-order valence-corrected chi connectivity index (χ4v) is 9.55. The van der Waals surface area contributed by atoms with Gasteiger partial charge in [-0.15, -0.1) is 0 Å². The van der Waals surface area contributed by atoms with Gasteiger partial charge in [0.2, 0.25) is 0 Å². The lowest BCUT2D eigenvalue weighted by Crippen LogP contribution is -2.43. The predicted octanol–water partition coefficient (Wildman–Crippen LogP) is 16.3. The lowest BCUT2D eigenvalue weighted by Gasteiger charge is -2.37. The van der Waals surface area contributed by atoms with Crippen molar-refractivity contribution in [2.45, 2.75) is 39.5 Å². The fourth-order valence-electron chi connectivity index (χ4n) is 9.55. The van der Waals surface area contributed by atoms with Crippen molar-refractivity contribution in [3.63, 3.8) is 0 Å². The number of anilines is 8. The summed E-state index contributed by atoms with van der Waals surface area (Å²) in [4.78, 5) is 6.68. The molecule has 2 aliphatic heterocycles. The van der Waals surface area contributed by atoms with Crippen LogP contribution < -0.4 is 28.9 Å². The average Bonchev–Trinajstić information content (AvgIpc) is 3.47. The maximum Gasteiger partial charge on any atom is 0.129 e. The van der Waals surface area contributed by atoms with E-state index in [9.17, 15) is 0 Å². The highest BCUT2D eigenvalue weighted by Crippen LogP contribution is 2.40. The molecule has 0 spiro atoms. The van der Waals surface area contributed by atoms with Gasteiger partial charge in [-0.25, -0.2) is 0 Å². The number of hydrogen-bond donors (Lipinski definition) is 0. The molecule has 0 aliphatic carbocycles. The Hall–Kier alpha value is -7.60. The lowest BCUT2D eigenvalue weighted by atomic mass is 9.90. The smallest absolute Gasteiger partial charge is 0.129 e. The monoisotopic (exact) mass is 1030 g/mol. The summed E-state index contributed by atoms with van der Waals surface area (Å²) in [5, 5.41) is 0. The second kappa shape index (κ2) is 25.5. The first-order valence-corrected chi connectivity index (χ1v) is 27.1. The average molecular weight is 1030 g/mol. The van der Waals surface area contributed by atoms with E-state index in [0.29, 0.717) is 19.8 Å². The van der Waals surface area contributed by atoms with Crippen molar-refractivity contribution in [2.75, 3.05) is 87.8 Å². The van der Waals surface area contributed by atoms with Gasteiger partial charge in [-0.1, -0.05) is 92.7 Å². The molecule has 0 saturated carbocycles. The Morgan fingerprint density at radius 3 is 1.18 bits per heavy atom. The fraction of sp³-hybridized carbons (Fsp3) is 0.284. The van der Waals surface area contributed by atoms with Crippen LogP contribution in [0.3, 0.4) is 0 Å². The molecule has 2 aliphatic rings. The van der Waals surface area contributed by atoms with Gasteiger partial charge in [-0.3, -0.25) is 0 Å². The highest BCUT2D eigenvalue weighted by molar-refractivity contribution is 5.81. The number of ether oxygens (including phenoxy) is 7. The van der Waals surface area contributed by atoms with E-state index in [2.05, 4.69) is 199 Å². The molecule has 77 heavy (non-hydrogen) atoms. The molecule has 8 aromatic carbocycles. The van der Waals surface area contributed by atoms with E-state index in [4.69, 9.17) is 33.2 Å². The molecule has 8 aromatic rings.